The maximum Gasteiger partial charge on any atom is 0.322 e. The number of methoxy groups -OCH3 is 1. The predicted octanol–water partition coefficient (Wildman–Crippen LogP) is 2.82. The van der Waals surface area contributed by atoms with E-state index in [0.29, 0.717) is 6.04 Å². The van der Waals surface area contributed by atoms with E-state index in [1.165, 1.54) is 7.11 Å². The van der Waals surface area contributed by atoms with Gasteiger partial charge in [0.15, 0.2) is 0 Å². The summed E-state index contributed by atoms with van der Waals surface area (Å²) in [4.78, 5) is 14.2. The highest BCUT2D eigenvalue weighted by Gasteiger charge is 2.20. The van der Waals surface area contributed by atoms with Crippen molar-refractivity contribution in [2.75, 3.05) is 26.7 Å². The summed E-state index contributed by atoms with van der Waals surface area (Å²) >= 11 is 0. The minimum Gasteiger partial charge on any atom is -0.468 e. The maximum atomic E-state index is 11.7. The van der Waals surface area contributed by atoms with Crippen LogP contribution in [-0.2, 0) is 9.53 Å². The molecule has 2 unspecified atom stereocenters. The van der Waals surface area contributed by atoms with E-state index in [4.69, 9.17) is 4.74 Å². The molecule has 0 spiro atoms. The molecule has 0 aliphatic heterocycles. The Morgan fingerprint density at radius 2 is 1.80 bits per heavy atom. The van der Waals surface area contributed by atoms with Crippen LogP contribution in [0.5, 0.6) is 0 Å². The first-order valence-electron chi connectivity index (χ1n) is 8.15. The first kappa shape index (κ1) is 19.4. The molecule has 20 heavy (non-hydrogen) atoms. The minimum atomic E-state index is -0.150. The average molecular weight is 286 g/mol. The van der Waals surface area contributed by atoms with Gasteiger partial charge in [-0.25, -0.2) is 0 Å². The number of hydrogen-bond donors (Lipinski definition) is 1. The highest BCUT2D eigenvalue weighted by molar-refractivity contribution is 5.75. The van der Waals surface area contributed by atoms with Crippen molar-refractivity contribution >= 4 is 5.97 Å². The molecule has 0 aliphatic carbocycles. The molecule has 0 aromatic rings. The second-order valence-corrected chi connectivity index (χ2v) is 5.45. The monoisotopic (exact) mass is 286 g/mol. The molecule has 0 heterocycles. The lowest BCUT2D eigenvalue weighted by atomic mass is 10.1. The van der Waals surface area contributed by atoms with Crippen molar-refractivity contribution < 1.29 is 9.53 Å². The number of rotatable bonds is 12. The van der Waals surface area contributed by atoms with Gasteiger partial charge in [-0.1, -0.05) is 33.6 Å². The molecule has 0 rings (SSSR count). The SMILES string of the molecule is CCCCC(NC(C)CCCN(CC)CC)C(=O)OC. The summed E-state index contributed by atoms with van der Waals surface area (Å²) in [5, 5.41) is 3.42. The Bertz CT molecular complexity index is 243. The molecule has 0 aliphatic rings. The Hall–Kier alpha value is -0.610. The van der Waals surface area contributed by atoms with Gasteiger partial charge in [-0.3, -0.25) is 4.79 Å². The molecule has 0 radical (unpaired) electrons. The van der Waals surface area contributed by atoms with Crippen LogP contribution in [0.3, 0.4) is 0 Å². The van der Waals surface area contributed by atoms with Crippen LogP contribution in [0.15, 0.2) is 0 Å². The van der Waals surface area contributed by atoms with Gasteiger partial charge in [0.1, 0.15) is 6.04 Å². The second kappa shape index (κ2) is 12.2. The fourth-order valence-corrected chi connectivity index (χ4v) is 2.41. The normalized spacial score (nSPS) is 14.3. The number of unbranched alkanes of at least 4 members (excludes halogenated alkanes) is 1. The number of carbonyl (C=O) groups excluding carboxylic acids is 1. The fraction of sp³-hybridized carbons (Fsp3) is 0.938. The summed E-state index contributed by atoms with van der Waals surface area (Å²) in [6, 6.07) is 0.204. The molecule has 120 valence electrons. The molecule has 0 aromatic heterocycles. The van der Waals surface area contributed by atoms with Crippen molar-refractivity contribution in [1.82, 2.24) is 10.2 Å². The highest BCUT2D eigenvalue weighted by atomic mass is 16.5. The lowest BCUT2D eigenvalue weighted by Crippen LogP contribution is -2.43. The van der Waals surface area contributed by atoms with Crippen molar-refractivity contribution in [2.45, 2.75) is 71.9 Å². The number of esters is 1. The van der Waals surface area contributed by atoms with Crippen molar-refractivity contribution in [1.29, 1.82) is 0 Å². The minimum absolute atomic E-state index is 0.131. The molecule has 0 bridgehead atoms. The third-order valence-corrected chi connectivity index (χ3v) is 3.82. The lowest BCUT2D eigenvalue weighted by Gasteiger charge is -2.23. The lowest BCUT2D eigenvalue weighted by molar-refractivity contribution is -0.143. The molecule has 4 nitrogen and oxygen atoms in total. The highest BCUT2D eigenvalue weighted by Crippen LogP contribution is 2.06. The molecular weight excluding hydrogens is 252 g/mol. The number of hydrogen-bond acceptors (Lipinski definition) is 4. The Kier molecular flexibility index (Phi) is 11.8. The van der Waals surface area contributed by atoms with Crippen LogP contribution < -0.4 is 5.32 Å². The molecule has 2 atom stereocenters. The van der Waals surface area contributed by atoms with Crippen LogP contribution in [0, 0.1) is 0 Å². The van der Waals surface area contributed by atoms with Gasteiger partial charge in [0.2, 0.25) is 0 Å². The van der Waals surface area contributed by atoms with Crippen LogP contribution in [0.25, 0.3) is 0 Å². The molecule has 1 N–H and O–H groups in total. The summed E-state index contributed by atoms with van der Waals surface area (Å²) in [7, 11) is 1.47. The summed E-state index contributed by atoms with van der Waals surface area (Å²) in [5.74, 6) is -0.131. The van der Waals surface area contributed by atoms with E-state index in [9.17, 15) is 4.79 Å². The van der Waals surface area contributed by atoms with E-state index in [1.54, 1.807) is 0 Å². The first-order chi connectivity index (χ1) is 9.58. The van der Waals surface area contributed by atoms with Gasteiger partial charge in [0.05, 0.1) is 7.11 Å². The second-order valence-electron chi connectivity index (χ2n) is 5.45. The van der Waals surface area contributed by atoms with Crippen LogP contribution >= 0.6 is 0 Å². The molecule has 0 aromatic carbocycles. The van der Waals surface area contributed by atoms with Gasteiger partial charge in [0.25, 0.3) is 0 Å². The quantitative estimate of drug-likeness (QED) is 0.560. The maximum absolute atomic E-state index is 11.7. The molecule has 4 heteroatoms. The summed E-state index contributed by atoms with van der Waals surface area (Å²) < 4.78 is 4.88. The summed E-state index contributed by atoms with van der Waals surface area (Å²) in [6.07, 6.45) is 5.28. The van der Waals surface area contributed by atoms with E-state index in [-0.39, 0.29) is 12.0 Å². The van der Waals surface area contributed by atoms with E-state index in [1.807, 2.05) is 0 Å². The number of nitrogens with one attached hydrogen (secondary N) is 1. The molecule has 0 saturated carbocycles. The molecule has 0 saturated heterocycles. The summed E-state index contributed by atoms with van der Waals surface area (Å²) in [6.45, 7) is 12.1. The van der Waals surface area contributed by atoms with E-state index < -0.39 is 0 Å². The number of carbonyl (C=O) groups is 1. The molecular formula is C16H34N2O2. The largest absolute Gasteiger partial charge is 0.468 e. The zero-order chi connectivity index (χ0) is 15.4. The fourth-order valence-electron chi connectivity index (χ4n) is 2.41. The Balaban J connectivity index is 4.05. The zero-order valence-electron chi connectivity index (χ0n) is 14.1. The van der Waals surface area contributed by atoms with Crippen molar-refractivity contribution in [3.8, 4) is 0 Å². The van der Waals surface area contributed by atoms with Crippen molar-refractivity contribution in [3.05, 3.63) is 0 Å². The predicted molar refractivity (Wildman–Crippen MR) is 84.9 cm³/mol. The van der Waals surface area contributed by atoms with Gasteiger partial charge in [-0.05, 0) is 45.8 Å². The molecule has 0 fully saturated rings. The van der Waals surface area contributed by atoms with E-state index in [2.05, 4.69) is 37.9 Å². The van der Waals surface area contributed by atoms with Crippen LogP contribution in [-0.4, -0.2) is 49.7 Å². The van der Waals surface area contributed by atoms with Gasteiger partial charge < -0.3 is 15.0 Å². The summed E-state index contributed by atoms with van der Waals surface area (Å²) in [5.41, 5.74) is 0. The number of nitrogens with zero attached hydrogens (tertiary/aromatic N) is 1. The Morgan fingerprint density at radius 1 is 1.15 bits per heavy atom. The topological polar surface area (TPSA) is 41.6 Å². The zero-order valence-corrected chi connectivity index (χ0v) is 14.1. The van der Waals surface area contributed by atoms with E-state index in [0.717, 1.165) is 51.7 Å². The van der Waals surface area contributed by atoms with Crippen molar-refractivity contribution in [2.24, 2.45) is 0 Å². The van der Waals surface area contributed by atoms with Gasteiger partial charge in [0, 0.05) is 6.04 Å². The van der Waals surface area contributed by atoms with Crippen molar-refractivity contribution in [3.63, 3.8) is 0 Å². The van der Waals surface area contributed by atoms with Gasteiger partial charge in [-0.15, -0.1) is 0 Å². The van der Waals surface area contributed by atoms with E-state index >= 15 is 0 Å². The third-order valence-electron chi connectivity index (χ3n) is 3.82. The van der Waals surface area contributed by atoms with Crippen LogP contribution in [0.4, 0.5) is 0 Å². The Morgan fingerprint density at radius 3 is 2.30 bits per heavy atom. The third kappa shape index (κ3) is 8.54. The Labute approximate surface area is 125 Å². The van der Waals surface area contributed by atoms with Gasteiger partial charge >= 0.3 is 5.97 Å². The first-order valence-corrected chi connectivity index (χ1v) is 8.15. The smallest absolute Gasteiger partial charge is 0.322 e. The van der Waals surface area contributed by atoms with Gasteiger partial charge in [-0.2, -0.15) is 0 Å². The standard InChI is InChI=1S/C16H34N2O2/c1-6-9-12-15(16(19)20-5)17-14(4)11-10-13-18(7-2)8-3/h14-15,17H,6-13H2,1-5H3. The molecule has 0 amide bonds. The van der Waals surface area contributed by atoms with Crippen LogP contribution in [0.1, 0.15) is 59.8 Å². The number of ether oxygens (including phenoxy) is 1. The van der Waals surface area contributed by atoms with Crippen LogP contribution in [0.2, 0.25) is 0 Å². The average Bonchev–Trinajstić information content (AvgIpc) is 2.47.